The zero-order chi connectivity index (χ0) is 6.57. The molecule has 0 amide bonds. The number of hydrogen-bond acceptors (Lipinski definition) is 4. The van der Waals surface area contributed by atoms with Crippen molar-refractivity contribution in [1.29, 1.82) is 10.5 Å². The summed E-state index contributed by atoms with van der Waals surface area (Å²) < 4.78 is 0. The number of hydrogen-bond donors (Lipinski definition) is 1. The molecule has 0 aliphatic heterocycles. The molecule has 0 saturated carbocycles. The van der Waals surface area contributed by atoms with Gasteiger partial charge in [-0.15, -0.1) is 0 Å². The second-order valence-corrected chi connectivity index (χ2v) is 0.963. The third-order valence-electron chi connectivity index (χ3n) is 0.470. The van der Waals surface area contributed by atoms with E-state index in [0.29, 0.717) is 0 Å². The van der Waals surface area contributed by atoms with Gasteiger partial charge in [0.25, 0.3) is 0 Å². The van der Waals surface area contributed by atoms with Gasteiger partial charge in [0.1, 0.15) is 17.7 Å². The van der Waals surface area contributed by atoms with Crippen molar-refractivity contribution in [2.24, 2.45) is 5.73 Å². The molecule has 9 heavy (non-hydrogen) atoms. The van der Waals surface area contributed by atoms with Gasteiger partial charge in [0, 0.05) is 0 Å². The van der Waals surface area contributed by atoms with Crippen molar-refractivity contribution in [3.63, 3.8) is 0 Å². The van der Waals surface area contributed by atoms with Crippen molar-refractivity contribution in [3.05, 3.63) is 11.5 Å². The summed E-state index contributed by atoms with van der Waals surface area (Å²) in [5.41, 5.74) is 3.97. The summed E-state index contributed by atoms with van der Waals surface area (Å²) in [5.74, 6) is -0.977. The van der Waals surface area contributed by atoms with E-state index in [0.717, 1.165) is 0 Å². The zero-order valence-corrected chi connectivity index (χ0v) is 8.00. The fourth-order valence-electron chi connectivity index (χ4n) is 0.135. The second-order valence-electron chi connectivity index (χ2n) is 0.963. The maximum absolute atomic E-state index is 9.90. The summed E-state index contributed by atoms with van der Waals surface area (Å²) in [5, 5.41) is 25.7. The molecule has 5 heteroatoms. The third kappa shape index (κ3) is 4.46. The molecule has 0 fully saturated rings. The monoisotopic (exact) mass is 147 g/mol. The molecule has 4 nitrogen and oxygen atoms in total. The number of nitrogens with two attached hydrogens (primary N) is 1. The van der Waals surface area contributed by atoms with Crippen molar-refractivity contribution in [2.45, 2.75) is 0 Å². The largest absolute Gasteiger partial charge is 1.00 e. The van der Waals surface area contributed by atoms with Gasteiger partial charge in [-0.2, -0.15) is 10.5 Å². The smallest absolute Gasteiger partial charge is 0.859 e. The van der Waals surface area contributed by atoms with Crippen LogP contribution in [0.2, 0.25) is 0 Å². The minimum atomic E-state index is -0.977. The van der Waals surface area contributed by atoms with Crippen molar-refractivity contribution in [1.82, 2.24) is 0 Å². The molecule has 0 radical (unpaired) electrons. The first-order valence-corrected chi connectivity index (χ1v) is 1.69. The Labute approximate surface area is 95.0 Å². The van der Waals surface area contributed by atoms with E-state index in [1.807, 2.05) is 0 Å². The molecule has 0 unspecified atom stereocenters. The fraction of sp³-hybridized carbons (Fsp3) is 0. The van der Waals surface area contributed by atoms with Crippen molar-refractivity contribution < 1.29 is 56.5 Å². The van der Waals surface area contributed by atoms with Crippen LogP contribution in [0.5, 0.6) is 0 Å². The topological polar surface area (TPSA) is 96.7 Å². The predicted molar refractivity (Wildman–Crippen MR) is 22.4 cm³/mol. The molecule has 0 aromatic carbocycles. The Kier molecular flexibility index (Phi) is 7.92. The molecule has 0 rings (SSSR count). The van der Waals surface area contributed by atoms with E-state index in [9.17, 15) is 5.11 Å². The van der Waals surface area contributed by atoms with Crippen LogP contribution < -0.4 is 62.2 Å². The molecule has 0 aromatic heterocycles. The Morgan fingerprint density at radius 2 is 1.67 bits per heavy atom. The molecular weight excluding hydrogens is 145 g/mol. The summed E-state index contributed by atoms with van der Waals surface area (Å²) in [7, 11) is 0. The van der Waals surface area contributed by atoms with Gasteiger partial charge in [0.2, 0.25) is 0 Å². The summed E-state index contributed by atoms with van der Waals surface area (Å²) in [4.78, 5) is 0. The molecule has 0 bridgehead atoms. The van der Waals surface area contributed by atoms with Gasteiger partial charge in [0.05, 0.1) is 0 Å². The summed E-state index contributed by atoms with van der Waals surface area (Å²) >= 11 is 0. The number of nitriles is 2. The van der Waals surface area contributed by atoms with Gasteiger partial charge < -0.3 is 10.8 Å². The van der Waals surface area contributed by atoms with Gasteiger partial charge in [-0.05, 0) is 5.88 Å². The van der Waals surface area contributed by atoms with E-state index in [-0.39, 0.29) is 51.4 Å². The maximum atomic E-state index is 9.90. The van der Waals surface area contributed by atoms with Crippen LogP contribution in [0.4, 0.5) is 0 Å². The molecule has 40 valence electrons. The van der Waals surface area contributed by atoms with Gasteiger partial charge in [-0.25, -0.2) is 0 Å². The van der Waals surface area contributed by atoms with Crippen LogP contribution in [0, 0.1) is 22.7 Å². The van der Waals surface area contributed by atoms with E-state index >= 15 is 0 Å². The Morgan fingerprint density at radius 3 is 1.67 bits per heavy atom. The Bertz CT molecular complexity index is 177. The summed E-state index contributed by atoms with van der Waals surface area (Å²) in [6, 6.07) is 2.66. The van der Waals surface area contributed by atoms with Crippen LogP contribution in [0.1, 0.15) is 0 Å². The standard InChI is InChI=1S/C4H3N3O.K/c5-1-3(2-6)4(7)8;/h8H,7H2;/q;+1/p-1. The average molecular weight is 147 g/mol. The molecule has 0 heterocycles. The summed E-state index contributed by atoms with van der Waals surface area (Å²) in [6.45, 7) is 0. The summed E-state index contributed by atoms with van der Waals surface area (Å²) in [6.07, 6.45) is 0. The number of allylic oxidation sites excluding steroid dienone is 1. The first-order valence-electron chi connectivity index (χ1n) is 1.69. The second kappa shape index (κ2) is 6.08. The van der Waals surface area contributed by atoms with Crippen LogP contribution in [-0.4, -0.2) is 0 Å². The minimum Gasteiger partial charge on any atom is -0.859 e. The van der Waals surface area contributed by atoms with Crippen molar-refractivity contribution in [2.75, 3.05) is 0 Å². The van der Waals surface area contributed by atoms with Crippen LogP contribution in [0.3, 0.4) is 0 Å². The van der Waals surface area contributed by atoms with Gasteiger partial charge in [-0.3, -0.25) is 0 Å². The van der Waals surface area contributed by atoms with Crippen molar-refractivity contribution >= 4 is 0 Å². The van der Waals surface area contributed by atoms with Crippen LogP contribution in [0.25, 0.3) is 0 Å². The van der Waals surface area contributed by atoms with E-state index in [1.54, 1.807) is 0 Å². The molecule has 0 atom stereocenters. The molecule has 0 aliphatic carbocycles. The molecule has 2 N–H and O–H groups in total. The number of nitrogens with zero attached hydrogens (tertiary/aromatic N) is 2. The first kappa shape index (κ1) is 11.7. The van der Waals surface area contributed by atoms with Gasteiger partial charge >= 0.3 is 51.4 Å². The van der Waals surface area contributed by atoms with Crippen LogP contribution >= 0.6 is 0 Å². The minimum absolute atomic E-state index is 0. The fourth-order valence-corrected chi connectivity index (χ4v) is 0.135. The normalized spacial score (nSPS) is 5.56. The Balaban J connectivity index is 0. The molecule has 0 aromatic rings. The van der Waals surface area contributed by atoms with Crippen molar-refractivity contribution in [3.8, 4) is 12.1 Å². The molecular formula is C4H2KN3O. The van der Waals surface area contributed by atoms with E-state index in [4.69, 9.17) is 10.5 Å². The third-order valence-corrected chi connectivity index (χ3v) is 0.470. The zero-order valence-electron chi connectivity index (χ0n) is 4.88. The maximum Gasteiger partial charge on any atom is 1.00 e. The van der Waals surface area contributed by atoms with E-state index in [2.05, 4.69) is 5.73 Å². The van der Waals surface area contributed by atoms with Crippen LogP contribution in [-0.2, 0) is 0 Å². The van der Waals surface area contributed by atoms with E-state index < -0.39 is 11.5 Å². The number of rotatable bonds is 0. The van der Waals surface area contributed by atoms with E-state index in [1.165, 1.54) is 12.1 Å². The Hall–Kier alpha value is -0.0436. The van der Waals surface area contributed by atoms with Crippen LogP contribution in [0.15, 0.2) is 11.5 Å². The Morgan fingerprint density at radius 1 is 1.33 bits per heavy atom. The molecule has 0 spiro atoms. The van der Waals surface area contributed by atoms with Gasteiger partial charge in [-0.1, -0.05) is 0 Å². The SMILES string of the molecule is N#CC(C#N)=C(N)[O-].[K+]. The predicted octanol–water partition coefficient (Wildman–Crippen LogP) is -4.43. The average Bonchev–Trinajstić information content (AvgIpc) is 1.69. The molecule has 0 aliphatic rings. The van der Waals surface area contributed by atoms with Gasteiger partial charge in [0.15, 0.2) is 0 Å². The molecule has 0 saturated heterocycles. The first-order chi connectivity index (χ1) is 3.72. The quantitative estimate of drug-likeness (QED) is 0.212.